The fourth-order valence-electron chi connectivity index (χ4n) is 2.47. The lowest BCUT2D eigenvalue weighted by atomic mass is 10.2. The molecule has 0 fully saturated rings. The van der Waals surface area contributed by atoms with E-state index in [-0.39, 0.29) is 17.4 Å². The van der Waals surface area contributed by atoms with Crippen LogP contribution in [0.2, 0.25) is 0 Å². The molecule has 5 nitrogen and oxygen atoms in total. The molecule has 0 radical (unpaired) electrons. The Bertz CT molecular complexity index is 733. The quantitative estimate of drug-likeness (QED) is 0.870. The molecule has 0 spiro atoms. The lowest BCUT2D eigenvalue weighted by Gasteiger charge is -2.20. The standard InChI is InChI=1S/C18H19NO4S/c20-17(19-11-14-5-2-1-3-6-14)13-24(21)12-15-7-4-8-16-18(15)23-10-9-22-16/h1-8H,9-13H2,(H,19,20). The molecule has 2 aromatic rings. The van der Waals surface area contributed by atoms with Crippen molar-refractivity contribution in [2.45, 2.75) is 12.3 Å². The minimum atomic E-state index is -1.30. The predicted molar refractivity (Wildman–Crippen MR) is 92.4 cm³/mol. The van der Waals surface area contributed by atoms with E-state index in [1.165, 1.54) is 0 Å². The minimum absolute atomic E-state index is 0.0304. The maximum Gasteiger partial charge on any atom is 0.232 e. The van der Waals surface area contributed by atoms with Crippen molar-refractivity contribution in [2.75, 3.05) is 19.0 Å². The van der Waals surface area contributed by atoms with Crippen molar-refractivity contribution in [2.24, 2.45) is 0 Å². The first-order chi connectivity index (χ1) is 11.7. The summed E-state index contributed by atoms with van der Waals surface area (Å²) in [4.78, 5) is 11.9. The van der Waals surface area contributed by atoms with Crippen LogP contribution in [-0.2, 0) is 27.9 Å². The van der Waals surface area contributed by atoms with Gasteiger partial charge in [-0.1, -0.05) is 42.5 Å². The molecule has 6 heteroatoms. The average molecular weight is 345 g/mol. The van der Waals surface area contributed by atoms with Gasteiger partial charge in [0.25, 0.3) is 0 Å². The second-order valence-corrected chi connectivity index (χ2v) is 6.89. The van der Waals surface area contributed by atoms with Crippen LogP contribution >= 0.6 is 0 Å². The van der Waals surface area contributed by atoms with E-state index in [0.717, 1.165) is 11.1 Å². The van der Waals surface area contributed by atoms with Gasteiger partial charge in [0.05, 0.1) is 5.75 Å². The van der Waals surface area contributed by atoms with Crippen LogP contribution in [0.1, 0.15) is 11.1 Å². The van der Waals surface area contributed by atoms with E-state index in [9.17, 15) is 9.00 Å². The van der Waals surface area contributed by atoms with Crippen LogP contribution in [0.25, 0.3) is 0 Å². The van der Waals surface area contributed by atoms with Crippen molar-refractivity contribution in [1.82, 2.24) is 5.32 Å². The Labute approximate surface area is 143 Å². The molecule has 0 aromatic heterocycles. The van der Waals surface area contributed by atoms with Gasteiger partial charge in [0.2, 0.25) is 5.91 Å². The third kappa shape index (κ3) is 4.35. The number of nitrogens with one attached hydrogen (secondary N) is 1. The van der Waals surface area contributed by atoms with E-state index in [0.29, 0.717) is 31.3 Å². The molecule has 3 rings (SSSR count). The van der Waals surface area contributed by atoms with Crippen LogP contribution in [0.3, 0.4) is 0 Å². The van der Waals surface area contributed by atoms with Crippen LogP contribution in [-0.4, -0.2) is 29.1 Å². The van der Waals surface area contributed by atoms with Gasteiger partial charge in [-0.15, -0.1) is 0 Å². The third-order valence-corrected chi connectivity index (χ3v) is 4.81. The fraction of sp³-hybridized carbons (Fsp3) is 0.278. The number of rotatable bonds is 6. The average Bonchev–Trinajstić information content (AvgIpc) is 2.61. The molecule has 1 N–H and O–H groups in total. The van der Waals surface area contributed by atoms with Gasteiger partial charge in [-0.2, -0.15) is 0 Å². The Kier molecular flexibility index (Phi) is 5.48. The van der Waals surface area contributed by atoms with Gasteiger partial charge in [-0.3, -0.25) is 9.00 Å². The second-order valence-electron chi connectivity index (χ2n) is 5.43. The Morgan fingerprint density at radius 1 is 1.04 bits per heavy atom. The first-order valence-electron chi connectivity index (χ1n) is 7.75. The molecule has 0 bridgehead atoms. The number of carbonyl (C=O) groups excluding carboxylic acids is 1. The molecule has 0 aliphatic carbocycles. The number of hydrogen-bond donors (Lipinski definition) is 1. The predicted octanol–water partition coefficient (Wildman–Crippen LogP) is 2.02. The number of benzene rings is 2. The molecular formula is C18H19NO4S. The maximum absolute atomic E-state index is 12.3. The third-order valence-electron chi connectivity index (χ3n) is 3.59. The lowest BCUT2D eigenvalue weighted by molar-refractivity contribution is -0.118. The summed E-state index contributed by atoms with van der Waals surface area (Å²) in [5.74, 6) is 1.33. The molecule has 0 saturated heterocycles. The number of hydrogen-bond acceptors (Lipinski definition) is 4. The Hall–Kier alpha value is -2.34. The van der Waals surface area contributed by atoms with Crippen molar-refractivity contribution in [3.05, 3.63) is 59.7 Å². The molecular weight excluding hydrogens is 326 g/mol. The van der Waals surface area contributed by atoms with Crippen LogP contribution < -0.4 is 14.8 Å². The van der Waals surface area contributed by atoms with Crippen molar-refractivity contribution in [1.29, 1.82) is 0 Å². The highest BCUT2D eigenvalue weighted by Gasteiger charge is 2.18. The van der Waals surface area contributed by atoms with Crippen LogP contribution in [0.15, 0.2) is 48.5 Å². The van der Waals surface area contributed by atoms with Gasteiger partial charge in [0.1, 0.15) is 19.0 Å². The summed E-state index contributed by atoms with van der Waals surface area (Å²) in [7, 11) is -1.30. The summed E-state index contributed by atoms with van der Waals surface area (Å²) in [5.41, 5.74) is 1.82. The van der Waals surface area contributed by atoms with Gasteiger partial charge >= 0.3 is 0 Å². The molecule has 1 aliphatic rings. The smallest absolute Gasteiger partial charge is 0.232 e. The summed E-state index contributed by atoms with van der Waals surface area (Å²) in [6.07, 6.45) is 0. The Balaban J connectivity index is 1.53. The highest BCUT2D eigenvalue weighted by Crippen LogP contribution is 2.34. The van der Waals surface area contributed by atoms with Crippen molar-refractivity contribution in [3.63, 3.8) is 0 Å². The van der Waals surface area contributed by atoms with Crippen molar-refractivity contribution >= 4 is 16.7 Å². The molecule has 1 atom stereocenters. The molecule has 1 unspecified atom stereocenters. The zero-order valence-corrected chi connectivity index (χ0v) is 14.0. The summed E-state index contributed by atoms with van der Waals surface area (Å²) >= 11 is 0. The zero-order chi connectivity index (χ0) is 16.8. The Morgan fingerprint density at radius 2 is 1.83 bits per heavy atom. The van der Waals surface area contributed by atoms with E-state index >= 15 is 0 Å². The number of ether oxygens (including phenoxy) is 2. The lowest BCUT2D eigenvalue weighted by Crippen LogP contribution is -2.28. The van der Waals surface area contributed by atoms with Crippen molar-refractivity contribution < 1.29 is 18.5 Å². The van der Waals surface area contributed by atoms with Gasteiger partial charge in [-0.25, -0.2) is 0 Å². The second kappa shape index (κ2) is 7.97. The molecule has 1 amide bonds. The fourth-order valence-corrected chi connectivity index (χ4v) is 3.54. The van der Waals surface area contributed by atoms with Gasteiger partial charge in [0, 0.05) is 22.9 Å². The van der Waals surface area contributed by atoms with Crippen LogP contribution in [0, 0.1) is 0 Å². The summed E-state index contributed by atoms with van der Waals surface area (Å²) in [6, 6.07) is 15.2. The zero-order valence-electron chi connectivity index (χ0n) is 13.2. The Morgan fingerprint density at radius 3 is 2.67 bits per heavy atom. The van der Waals surface area contributed by atoms with Crippen LogP contribution in [0.4, 0.5) is 0 Å². The van der Waals surface area contributed by atoms with E-state index in [4.69, 9.17) is 9.47 Å². The summed E-state index contributed by atoms with van der Waals surface area (Å²) < 4.78 is 23.4. The topological polar surface area (TPSA) is 64.6 Å². The number of carbonyl (C=O) groups is 1. The van der Waals surface area contributed by atoms with E-state index in [1.807, 2.05) is 48.5 Å². The highest BCUT2D eigenvalue weighted by molar-refractivity contribution is 7.84. The largest absolute Gasteiger partial charge is 0.486 e. The normalized spacial score (nSPS) is 14.0. The monoisotopic (exact) mass is 345 g/mol. The number of para-hydroxylation sites is 1. The molecule has 24 heavy (non-hydrogen) atoms. The first-order valence-corrected chi connectivity index (χ1v) is 9.24. The number of amides is 1. The van der Waals surface area contributed by atoms with Gasteiger partial charge < -0.3 is 14.8 Å². The van der Waals surface area contributed by atoms with Crippen LogP contribution in [0.5, 0.6) is 11.5 Å². The van der Waals surface area contributed by atoms with E-state index in [1.54, 1.807) is 0 Å². The van der Waals surface area contributed by atoms with E-state index in [2.05, 4.69) is 5.32 Å². The summed E-state index contributed by atoms with van der Waals surface area (Å²) in [5, 5.41) is 2.79. The van der Waals surface area contributed by atoms with Gasteiger partial charge in [0.15, 0.2) is 11.5 Å². The van der Waals surface area contributed by atoms with E-state index < -0.39 is 10.8 Å². The molecule has 1 heterocycles. The molecule has 0 saturated carbocycles. The SMILES string of the molecule is O=C(CS(=O)Cc1cccc2c1OCCO2)NCc1ccccc1. The molecule has 1 aliphatic heterocycles. The maximum atomic E-state index is 12.3. The molecule has 2 aromatic carbocycles. The van der Waals surface area contributed by atoms with Crippen molar-refractivity contribution in [3.8, 4) is 11.5 Å². The van der Waals surface area contributed by atoms with Gasteiger partial charge in [-0.05, 0) is 11.6 Å². The first kappa shape index (κ1) is 16.5. The highest BCUT2D eigenvalue weighted by atomic mass is 32.2. The summed E-state index contributed by atoms with van der Waals surface area (Å²) in [6.45, 7) is 1.43. The minimum Gasteiger partial charge on any atom is -0.486 e. The molecule has 126 valence electrons. The number of fused-ring (bicyclic) bond motifs is 1.